The minimum absolute atomic E-state index is 0.0344. The van der Waals surface area contributed by atoms with Crippen molar-refractivity contribution in [3.05, 3.63) is 42.7 Å². The quantitative estimate of drug-likeness (QED) is 0.446. The summed E-state index contributed by atoms with van der Waals surface area (Å²) in [6.07, 6.45) is 3.69. The third-order valence-electron chi connectivity index (χ3n) is 5.63. The first kappa shape index (κ1) is 26.5. The van der Waals surface area contributed by atoms with E-state index in [0.29, 0.717) is 39.2 Å². The van der Waals surface area contributed by atoms with Gasteiger partial charge >= 0.3 is 6.03 Å². The summed E-state index contributed by atoms with van der Waals surface area (Å²) < 4.78 is 60.6. The van der Waals surface area contributed by atoms with Crippen LogP contribution < -0.4 is 14.2 Å². The van der Waals surface area contributed by atoms with Gasteiger partial charge in [0.25, 0.3) is 0 Å². The Labute approximate surface area is 214 Å². The van der Waals surface area contributed by atoms with E-state index in [9.17, 15) is 21.6 Å². The monoisotopic (exact) mass is 550 g/mol. The number of urea groups is 1. The molecule has 0 radical (unpaired) electrons. The van der Waals surface area contributed by atoms with Gasteiger partial charge in [-0.2, -0.15) is 3.71 Å². The highest BCUT2D eigenvalue weighted by Crippen LogP contribution is 2.30. The molecule has 1 saturated heterocycles. The summed E-state index contributed by atoms with van der Waals surface area (Å²) in [7, 11) is -8.15. The Kier molecular flexibility index (Phi) is 7.21. The lowest BCUT2D eigenvalue weighted by atomic mass is 10.1. The molecule has 1 aromatic carbocycles. The molecule has 198 valence electrons. The van der Waals surface area contributed by atoms with Gasteiger partial charge in [0.1, 0.15) is 12.2 Å². The summed E-state index contributed by atoms with van der Waals surface area (Å²) in [5, 5.41) is 0. The van der Waals surface area contributed by atoms with Crippen LogP contribution in [0.2, 0.25) is 0 Å². The summed E-state index contributed by atoms with van der Waals surface area (Å²) in [6.45, 7) is 2.76. The molecule has 1 aliphatic heterocycles. The first-order chi connectivity index (χ1) is 17.3. The molecule has 3 aromatic rings. The van der Waals surface area contributed by atoms with Crippen molar-refractivity contribution in [2.24, 2.45) is 5.73 Å². The number of morpholine rings is 1. The molecule has 4 rings (SSSR count). The summed E-state index contributed by atoms with van der Waals surface area (Å²) in [5.41, 5.74) is 7.28. The molecule has 1 aliphatic rings. The van der Waals surface area contributed by atoms with E-state index in [2.05, 4.69) is 15.0 Å². The Morgan fingerprint density at radius 2 is 1.78 bits per heavy atom. The number of benzene rings is 1. The van der Waals surface area contributed by atoms with Crippen molar-refractivity contribution < 1.29 is 31.1 Å². The Morgan fingerprint density at radius 3 is 2.41 bits per heavy atom. The Morgan fingerprint density at radius 1 is 1.14 bits per heavy atom. The van der Waals surface area contributed by atoms with E-state index < -0.39 is 38.3 Å². The molecule has 0 spiro atoms. The van der Waals surface area contributed by atoms with Crippen LogP contribution in [0.1, 0.15) is 6.92 Å². The molecule has 3 heterocycles. The number of sulfonamides is 2. The van der Waals surface area contributed by atoms with Crippen molar-refractivity contribution in [2.45, 2.75) is 19.1 Å². The van der Waals surface area contributed by atoms with E-state index in [1.165, 1.54) is 29.4 Å². The molecule has 1 unspecified atom stereocenters. The van der Waals surface area contributed by atoms with Crippen LogP contribution >= 0.6 is 0 Å². The van der Waals surface area contributed by atoms with E-state index in [0.717, 1.165) is 12.5 Å². The fourth-order valence-electron chi connectivity index (χ4n) is 3.97. The lowest BCUT2D eigenvalue weighted by molar-refractivity contribution is -0.0640. The normalized spacial score (nSPS) is 17.4. The number of carbonyl (C=O) groups is 1. The predicted molar refractivity (Wildman–Crippen MR) is 136 cm³/mol. The predicted octanol–water partition coefficient (Wildman–Crippen LogP) is 0.964. The number of ether oxygens (including phenoxy) is 2. The molecule has 2 atom stereocenters. The number of pyridine rings is 1. The van der Waals surface area contributed by atoms with Crippen molar-refractivity contribution in [1.82, 2.24) is 19.9 Å². The van der Waals surface area contributed by atoms with E-state index in [1.54, 1.807) is 25.1 Å². The van der Waals surface area contributed by atoms with Gasteiger partial charge in [0.15, 0.2) is 5.52 Å². The highest BCUT2D eigenvalue weighted by molar-refractivity contribution is 8.09. The van der Waals surface area contributed by atoms with Gasteiger partial charge in [-0.15, -0.1) is 0 Å². The molecule has 13 nitrogen and oxygen atoms in total. The lowest BCUT2D eigenvalue weighted by Gasteiger charge is -2.34. The van der Waals surface area contributed by atoms with Gasteiger partial charge < -0.3 is 20.1 Å². The highest BCUT2D eigenvalue weighted by Gasteiger charge is 2.30. The van der Waals surface area contributed by atoms with Crippen LogP contribution in [0.3, 0.4) is 0 Å². The van der Waals surface area contributed by atoms with Gasteiger partial charge in [0.2, 0.25) is 25.9 Å². The molecule has 1 fully saturated rings. The van der Waals surface area contributed by atoms with Gasteiger partial charge in [0, 0.05) is 24.5 Å². The molecule has 0 saturated carbocycles. The molecule has 2 N–H and O–H groups in total. The standard InChI is InChI=1S/C22H26N6O7S2/c1-14(19-13-27(22(23)29)10-11-34-19)35-21-20-18(24-8-9-25-20)12-17(26-21)15-4-6-16(7-5-15)28(36(2,30)31)37(3,32)33/h4-9,12,14,19H,10-11,13H2,1-3H3,(H2,23,29)/t14?,19-/m0/s1. The number of anilines is 1. The average molecular weight is 551 g/mol. The van der Waals surface area contributed by atoms with Crippen LogP contribution in [0.5, 0.6) is 5.88 Å². The second-order valence-corrected chi connectivity index (χ2v) is 12.4. The highest BCUT2D eigenvalue weighted by atomic mass is 32.3. The van der Waals surface area contributed by atoms with Crippen molar-refractivity contribution in [3.63, 3.8) is 0 Å². The minimum Gasteiger partial charge on any atom is -0.470 e. The number of aromatic nitrogens is 3. The van der Waals surface area contributed by atoms with Gasteiger partial charge in [0.05, 0.1) is 42.6 Å². The zero-order valence-electron chi connectivity index (χ0n) is 20.3. The largest absolute Gasteiger partial charge is 0.470 e. The number of nitrogens with two attached hydrogens (primary N) is 1. The maximum atomic E-state index is 12.1. The maximum absolute atomic E-state index is 12.1. The van der Waals surface area contributed by atoms with Crippen LogP contribution in [-0.4, -0.2) is 87.1 Å². The number of nitrogens with zero attached hydrogens (tertiary/aromatic N) is 5. The second-order valence-electron chi connectivity index (χ2n) is 8.52. The number of rotatable bonds is 7. The van der Waals surface area contributed by atoms with Gasteiger partial charge in [-0.05, 0) is 25.1 Å². The molecule has 2 amide bonds. The fourth-order valence-corrected chi connectivity index (χ4v) is 6.94. The number of carbonyl (C=O) groups excluding carboxylic acids is 1. The Hall–Kier alpha value is -3.56. The van der Waals surface area contributed by atoms with Gasteiger partial charge in [-0.25, -0.2) is 31.6 Å². The SMILES string of the molecule is CC(Oc1nc(-c2ccc(N(S(C)(=O)=O)S(C)(=O)=O)cc2)cc2nccnc12)[C@@H]1CN(C(N)=O)CCO1. The second kappa shape index (κ2) is 10.1. The van der Waals surface area contributed by atoms with Gasteiger partial charge in [-0.1, -0.05) is 12.1 Å². The van der Waals surface area contributed by atoms with Crippen LogP contribution in [0.25, 0.3) is 22.3 Å². The van der Waals surface area contributed by atoms with Crippen molar-refractivity contribution >= 4 is 42.8 Å². The maximum Gasteiger partial charge on any atom is 0.314 e. The number of amides is 2. The topological polar surface area (TPSA) is 175 Å². The van der Waals surface area contributed by atoms with Crippen molar-refractivity contribution in [1.29, 1.82) is 0 Å². The molecular weight excluding hydrogens is 524 g/mol. The van der Waals surface area contributed by atoms with E-state index in [1.807, 2.05) is 0 Å². The summed E-state index contributed by atoms with van der Waals surface area (Å²) in [5.74, 6) is 0.186. The van der Waals surface area contributed by atoms with Crippen LogP contribution in [0, 0.1) is 0 Å². The van der Waals surface area contributed by atoms with Crippen LogP contribution in [0.4, 0.5) is 10.5 Å². The van der Waals surface area contributed by atoms with E-state index >= 15 is 0 Å². The van der Waals surface area contributed by atoms with Crippen LogP contribution in [0.15, 0.2) is 42.7 Å². The Bertz CT molecular complexity index is 1500. The average Bonchev–Trinajstić information content (AvgIpc) is 2.82. The molecule has 0 bridgehead atoms. The number of primary amides is 1. The van der Waals surface area contributed by atoms with Crippen LogP contribution in [-0.2, 0) is 24.8 Å². The summed E-state index contributed by atoms with van der Waals surface area (Å²) in [6, 6.07) is 6.99. The minimum atomic E-state index is -4.08. The number of hydrogen-bond acceptors (Lipinski definition) is 10. The Balaban J connectivity index is 1.68. The van der Waals surface area contributed by atoms with E-state index in [4.69, 9.17) is 15.2 Å². The number of hydrogen-bond donors (Lipinski definition) is 1. The lowest BCUT2D eigenvalue weighted by Crippen LogP contribution is -2.52. The molecule has 2 aromatic heterocycles. The summed E-state index contributed by atoms with van der Waals surface area (Å²) >= 11 is 0. The number of fused-ring (bicyclic) bond motifs is 1. The fraction of sp³-hybridized carbons (Fsp3) is 0.364. The third kappa shape index (κ3) is 5.89. The zero-order valence-corrected chi connectivity index (χ0v) is 21.9. The van der Waals surface area contributed by atoms with Gasteiger partial charge in [-0.3, -0.25) is 4.98 Å². The van der Waals surface area contributed by atoms with Crippen molar-refractivity contribution in [3.8, 4) is 17.1 Å². The first-order valence-corrected chi connectivity index (χ1v) is 14.8. The molecule has 15 heteroatoms. The molecule has 0 aliphatic carbocycles. The molecule has 37 heavy (non-hydrogen) atoms. The van der Waals surface area contributed by atoms with E-state index in [-0.39, 0.29) is 18.1 Å². The summed E-state index contributed by atoms with van der Waals surface area (Å²) in [4.78, 5) is 26.3. The third-order valence-corrected chi connectivity index (χ3v) is 8.88. The molecular formula is C22H26N6O7S2. The first-order valence-electron chi connectivity index (χ1n) is 11.1. The smallest absolute Gasteiger partial charge is 0.314 e. The van der Waals surface area contributed by atoms with Crippen molar-refractivity contribution in [2.75, 3.05) is 35.9 Å². The zero-order chi connectivity index (χ0) is 27.0.